The fourth-order valence-electron chi connectivity index (χ4n) is 3.35. The van der Waals surface area contributed by atoms with Gasteiger partial charge >= 0.3 is 0 Å². The molecule has 0 radical (unpaired) electrons. The van der Waals surface area contributed by atoms with Crippen LogP contribution in [0.5, 0.6) is 0 Å². The Morgan fingerprint density at radius 2 is 2.05 bits per heavy atom. The Bertz CT molecular complexity index is 635. The Kier molecular flexibility index (Phi) is 4.57. The number of piperidine rings is 1. The molecule has 5 nitrogen and oxygen atoms in total. The van der Waals surface area contributed by atoms with Gasteiger partial charge in [0.15, 0.2) is 5.16 Å². The number of fused-ring (bicyclic) bond motifs is 1. The summed E-state index contributed by atoms with van der Waals surface area (Å²) in [6.45, 7) is 5.61. The van der Waals surface area contributed by atoms with Crippen molar-refractivity contribution in [1.29, 1.82) is 0 Å². The number of amides is 1. The second-order valence-corrected chi connectivity index (χ2v) is 7.08. The molecule has 1 unspecified atom stereocenters. The summed E-state index contributed by atoms with van der Waals surface area (Å²) < 4.78 is 1.76. The number of carbonyl (C=O) groups excluding carboxylic acids is 1. The molecular weight excluding hydrogens is 298 g/mol. The second-order valence-electron chi connectivity index (χ2n) is 6.10. The van der Waals surface area contributed by atoms with E-state index in [-0.39, 0.29) is 17.5 Å². The summed E-state index contributed by atoms with van der Waals surface area (Å²) in [6.07, 6.45) is 4.53. The molecule has 0 N–H and O–H groups in total. The van der Waals surface area contributed by atoms with Crippen LogP contribution in [0.2, 0.25) is 0 Å². The molecule has 22 heavy (non-hydrogen) atoms. The van der Waals surface area contributed by atoms with Gasteiger partial charge in [-0.1, -0.05) is 18.7 Å². The molecule has 1 fully saturated rings. The third-order valence-corrected chi connectivity index (χ3v) is 5.72. The van der Waals surface area contributed by atoms with Gasteiger partial charge < -0.3 is 4.90 Å². The van der Waals surface area contributed by atoms with Gasteiger partial charge in [0.25, 0.3) is 5.56 Å². The normalized spacial score (nSPS) is 21.0. The Morgan fingerprint density at radius 3 is 2.73 bits per heavy atom. The average molecular weight is 321 g/mol. The van der Waals surface area contributed by atoms with Crippen LogP contribution in [0.15, 0.2) is 9.95 Å². The van der Waals surface area contributed by atoms with Gasteiger partial charge in [-0.05, 0) is 32.6 Å². The summed E-state index contributed by atoms with van der Waals surface area (Å²) in [4.78, 5) is 31.7. The van der Waals surface area contributed by atoms with E-state index >= 15 is 0 Å². The molecule has 0 aliphatic carbocycles. The number of nitrogens with zero attached hydrogens (tertiary/aromatic N) is 3. The van der Waals surface area contributed by atoms with Crippen molar-refractivity contribution in [2.75, 3.05) is 18.8 Å². The SMILES string of the molecule is CCc1c(C)nc2n(c1=O)C(CC(=O)N1CCCCC1)CS2. The van der Waals surface area contributed by atoms with Gasteiger partial charge in [0.1, 0.15) is 0 Å². The van der Waals surface area contributed by atoms with Crippen molar-refractivity contribution in [2.45, 2.75) is 57.1 Å². The maximum Gasteiger partial charge on any atom is 0.257 e. The van der Waals surface area contributed by atoms with Crippen molar-refractivity contribution >= 4 is 17.7 Å². The first-order valence-corrected chi connectivity index (χ1v) is 9.13. The molecule has 2 aliphatic heterocycles. The minimum absolute atomic E-state index is 0.0414. The topological polar surface area (TPSA) is 55.2 Å². The number of hydrogen-bond donors (Lipinski definition) is 0. The molecule has 120 valence electrons. The minimum atomic E-state index is -0.0414. The van der Waals surface area contributed by atoms with Crippen LogP contribution < -0.4 is 5.56 Å². The first-order chi connectivity index (χ1) is 10.6. The van der Waals surface area contributed by atoms with E-state index in [1.165, 1.54) is 6.42 Å². The molecule has 1 aromatic heterocycles. The van der Waals surface area contributed by atoms with Crippen LogP contribution in [0.1, 0.15) is 49.9 Å². The van der Waals surface area contributed by atoms with Gasteiger partial charge in [-0.15, -0.1) is 0 Å². The molecule has 6 heteroatoms. The molecule has 3 rings (SSSR count). The molecular formula is C16H23N3O2S. The minimum Gasteiger partial charge on any atom is -0.343 e. The van der Waals surface area contributed by atoms with Gasteiger partial charge in [-0.3, -0.25) is 14.2 Å². The fraction of sp³-hybridized carbons (Fsp3) is 0.688. The number of thioether (sulfide) groups is 1. The highest BCUT2D eigenvalue weighted by molar-refractivity contribution is 7.99. The Morgan fingerprint density at radius 1 is 1.32 bits per heavy atom. The van der Waals surface area contributed by atoms with E-state index in [2.05, 4.69) is 4.98 Å². The van der Waals surface area contributed by atoms with E-state index in [1.54, 1.807) is 16.3 Å². The smallest absolute Gasteiger partial charge is 0.257 e. The molecule has 2 aliphatic rings. The number of aryl methyl sites for hydroxylation is 1. The largest absolute Gasteiger partial charge is 0.343 e. The summed E-state index contributed by atoms with van der Waals surface area (Å²) in [7, 11) is 0. The first kappa shape index (κ1) is 15.6. The van der Waals surface area contributed by atoms with Crippen molar-refractivity contribution in [1.82, 2.24) is 14.5 Å². The van der Waals surface area contributed by atoms with Crippen LogP contribution in [-0.4, -0.2) is 39.2 Å². The predicted octanol–water partition coefficient (Wildman–Crippen LogP) is 2.16. The quantitative estimate of drug-likeness (QED) is 0.801. The molecule has 0 aromatic carbocycles. The highest BCUT2D eigenvalue weighted by atomic mass is 32.2. The zero-order valence-corrected chi connectivity index (χ0v) is 14.1. The van der Waals surface area contributed by atoms with Gasteiger partial charge in [-0.2, -0.15) is 0 Å². The van der Waals surface area contributed by atoms with Crippen LogP contribution in [0, 0.1) is 6.92 Å². The summed E-state index contributed by atoms with van der Waals surface area (Å²) >= 11 is 1.59. The van der Waals surface area contributed by atoms with Gasteiger partial charge in [0.2, 0.25) is 5.91 Å². The number of hydrogen-bond acceptors (Lipinski definition) is 4. The highest BCUT2D eigenvalue weighted by Gasteiger charge is 2.30. The third-order valence-electron chi connectivity index (χ3n) is 4.63. The molecule has 0 bridgehead atoms. The summed E-state index contributed by atoms with van der Waals surface area (Å²) in [5, 5.41) is 0.774. The Balaban J connectivity index is 1.82. The van der Waals surface area contributed by atoms with E-state index in [0.717, 1.165) is 48.1 Å². The molecule has 0 saturated carbocycles. The highest BCUT2D eigenvalue weighted by Crippen LogP contribution is 2.33. The predicted molar refractivity (Wildman–Crippen MR) is 87.4 cm³/mol. The van der Waals surface area contributed by atoms with E-state index in [9.17, 15) is 9.59 Å². The summed E-state index contributed by atoms with van der Waals surface area (Å²) in [6, 6.07) is -0.0414. The van der Waals surface area contributed by atoms with Crippen LogP contribution in [0.4, 0.5) is 0 Å². The average Bonchev–Trinajstić information content (AvgIpc) is 2.91. The lowest BCUT2D eigenvalue weighted by Gasteiger charge is -2.28. The zero-order chi connectivity index (χ0) is 15.7. The molecule has 1 saturated heterocycles. The number of rotatable bonds is 3. The van der Waals surface area contributed by atoms with E-state index in [4.69, 9.17) is 0 Å². The van der Waals surface area contributed by atoms with E-state index in [1.807, 2.05) is 18.7 Å². The standard InChI is InChI=1S/C16H23N3O2S/c1-3-13-11(2)17-16-19(15(13)21)12(10-22-16)9-14(20)18-7-5-4-6-8-18/h12H,3-10H2,1-2H3. The van der Waals surface area contributed by atoms with Crippen molar-refractivity contribution < 1.29 is 4.79 Å². The van der Waals surface area contributed by atoms with Crippen molar-refractivity contribution in [3.8, 4) is 0 Å². The van der Waals surface area contributed by atoms with Gasteiger partial charge in [0.05, 0.1) is 6.04 Å². The molecule has 3 heterocycles. The lowest BCUT2D eigenvalue weighted by Crippen LogP contribution is -2.38. The summed E-state index contributed by atoms with van der Waals surface area (Å²) in [5.74, 6) is 0.956. The van der Waals surface area contributed by atoms with Crippen LogP contribution in [-0.2, 0) is 11.2 Å². The fourth-order valence-corrected chi connectivity index (χ4v) is 4.53. The van der Waals surface area contributed by atoms with Gasteiger partial charge in [-0.25, -0.2) is 4.98 Å². The van der Waals surface area contributed by atoms with Crippen LogP contribution >= 0.6 is 11.8 Å². The third kappa shape index (κ3) is 2.81. The second kappa shape index (κ2) is 6.44. The van der Waals surface area contributed by atoms with E-state index < -0.39 is 0 Å². The van der Waals surface area contributed by atoms with Crippen LogP contribution in [0.3, 0.4) is 0 Å². The number of likely N-dealkylation sites (tertiary alicyclic amines) is 1. The molecule has 1 atom stereocenters. The lowest BCUT2D eigenvalue weighted by atomic mass is 10.1. The van der Waals surface area contributed by atoms with Crippen molar-refractivity contribution in [3.05, 3.63) is 21.6 Å². The first-order valence-electron chi connectivity index (χ1n) is 8.14. The van der Waals surface area contributed by atoms with Crippen LogP contribution in [0.25, 0.3) is 0 Å². The maximum atomic E-state index is 12.7. The van der Waals surface area contributed by atoms with Crippen molar-refractivity contribution in [3.63, 3.8) is 0 Å². The molecule has 1 amide bonds. The number of carbonyl (C=O) groups is 1. The lowest BCUT2D eigenvalue weighted by molar-refractivity contribution is -0.132. The zero-order valence-electron chi connectivity index (χ0n) is 13.3. The van der Waals surface area contributed by atoms with Crippen molar-refractivity contribution in [2.24, 2.45) is 0 Å². The summed E-state index contributed by atoms with van der Waals surface area (Å²) in [5.41, 5.74) is 1.65. The monoisotopic (exact) mass is 321 g/mol. The Labute approximate surface area is 135 Å². The maximum absolute atomic E-state index is 12.7. The number of aromatic nitrogens is 2. The molecule has 0 spiro atoms. The van der Waals surface area contributed by atoms with E-state index in [0.29, 0.717) is 12.8 Å². The van der Waals surface area contributed by atoms with Gasteiger partial charge in [0, 0.05) is 36.5 Å². The Hall–Kier alpha value is -1.30. The molecule has 1 aromatic rings.